The molecule has 1 saturated carbocycles. The Labute approximate surface area is 95.4 Å². The Morgan fingerprint density at radius 1 is 1.33 bits per heavy atom. The normalized spacial score (nSPS) is 20.6. The Bertz CT molecular complexity index is 166. The molecule has 0 saturated heterocycles. The maximum atomic E-state index is 3.54. The van der Waals surface area contributed by atoms with Crippen molar-refractivity contribution in [3.8, 4) is 0 Å². The Balaban J connectivity index is 2.28. The van der Waals surface area contributed by atoms with Gasteiger partial charge in [-0.3, -0.25) is 4.90 Å². The lowest BCUT2D eigenvalue weighted by Crippen LogP contribution is -2.45. The van der Waals surface area contributed by atoms with Crippen molar-refractivity contribution in [2.24, 2.45) is 5.92 Å². The van der Waals surface area contributed by atoms with Crippen LogP contribution >= 0.6 is 0 Å². The van der Waals surface area contributed by atoms with Crippen LogP contribution in [-0.2, 0) is 0 Å². The first kappa shape index (κ1) is 13.0. The third-order valence-electron chi connectivity index (χ3n) is 3.80. The Morgan fingerprint density at radius 3 is 2.47 bits per heavy atom. The van der Waals surface area contributed by atoms with E-state index in [0.717, 1.165) is 25.0 Å². The molecule has 90 valence electrons. The molecule has 0 aromatic rings. The highest BCUT2D eigenvalue weighted by Gasteiger charge is 2.32. The van der Waals surface area contributed by atoms with Gasteiger partial charge in [0.2, 0.25) is 0 Å². The summed E-state index contributed by atoms with van der Waals surface area (Å²) in [5, 5.41) is 3.54. The van der Waals surface area contributed by atoms with Crippen LogP contribution in [-0.4, -0.2) is 37.1 Å². The maximum Gasteiger partial charge on any atom is 0.0217 e. The molecule has 15 heavy (non-hydrogen) atoms. The lowest BCUT2D eigenvalue weighted by Gasteiger charge is -2.33. The van der Waals surface area contributed by atoms with Crippen LogP contribution in [0.1, 0.15) is 46.5 Å². The van der Waals surface area contributed by atoms with Gasteiger partial charge < -0.3 is 5.32 Å². The molecule has 0 aromatic carbocycles. The summed E-state index contributed by atoms with van der Waals surface area (Å²) < 4.78 is 0. The summed E-state index contributed by atoms with van der Waals surface area (Å²) in [4.78, 5) is 2.58. The van der Waals surface area contributed by atoms with Gasteiger partial charge in [0, 0.05) is 18.6 Å². The van der Waals surface area contributed by atoms with Crippen LogP contribution in [0.5, 0.6) is 0 Å². The predicted molar refractivity (Wildman–Crippen MR) is 67.2 cm³/mol. The van der Waals surface area contributed by atoms with Crippen LogP contribution in [0.15, 0.2) is 0 Å². The number of likely N-dealkylation sites (N-methyl/N-ethyl adjacent to an activating group) is 1. The Morgan fingerprint density at radius 2 is 2.00 bits per heavy atom. The molecular weight excluding hydrogens is 184 g/mol. The number of nitrogens with zero attached hydrogens (tertiary/aromatic N) is 1. The van der Waals surface area contributed by atoms with Gasteiger partial charge in [-0.05, 0) is 52.1 Å². The van der Waals surface area contributed by atoms with Gasteiger partial charge in [-0.1, -0.05) is 13.8 Å². The van der Waals surface area contributed by atoms with E-state index >= 15 is 0 Å². The summed E-state index contributed by atoms with van der Waals surface area (Å²) >= 11 is 0. The highest BCUT2D eigenvalue weighted by atomic mass is 15.2. The first-order chi connectivity index (χ1) is 7.20. The van der Waals surface area contributed by atoms with E-state index in [9.17, 15) is 0 Å². The maximum absolute atomic E-state index is 3.54. The molecule has 2 nitrogen and oxygen atoms in total. The van der Waals surface area contributed by atoms with E-state index in [-0.39, 0.29) is 0 Å². The zero-order chi connectivity index (χ0) is 11.3. The summed E-state index contributed by atoms with van der Waals surface area (Å²) in [5.74, 6) is 0.982. The molecule has 0 aliphatic heterocycles. The minimum absolute atomic E-state index is 0.715. The van der Waals surface area contributed by atoms with Gasteiger partial charge in [0.1, 0.15) is 0 Å². The summed E-state index contributed by atoms with van der Waals surface area (Å²) in [7, 11) is 2.30. The van der Waals surface area contributed by atoms with Crippen molar-refractivity contribution in [2.75, 3.05) is 20.1 Å². The molecule has 0 aromatic heterocycles. The SMILES string of the molecule is CCCNCC(CC)N(C)C(C)C1CC1. The van der Waals surface area contributed by atoms with Gasteiger partial charge in [0.05, 0.1) is 0 Å². The van der Waals surface area contributed by atoms with Crippen LogP contribution in [0.3, 0.4) is 0 Å². The van der Waals surface area contributed by atoms with Crippen molar-refractivity contribution in [3.63, 3.8) is 0 Å². The van der Waals surface area contributed by atoms with Gasteiger partial charge in [-0.25, -0.2) is 0 Å². The molecule has 1 rings (SSSR count). The molecule has 1 aliphatic carbocycles. The topological polar surface area (TPSA) is 15.3 Å². The quantitative estimate of drug-likeness (QED) is 0.622. The average Bonchev–Trinajstić information content (AvgIpc) is 3.06. The molecule has 0 heterocycles. The van der Waals surface area contributed by atoms with Crippen molar-refractivity contribution >= 4 is 0 Å². The van der Waals surface area contributed by atoms with Gasteiger partial charge >= 0.3 is 0 Å². The second-order valence-corrected chi connectivity index (χ2v) is 5.01. The average molecular weight is 212 g/mol. The molecular formula is C13H28N2. The smallest absolute Gasteiger partial charge is 0.0217 e. The van der Waals surface area contributed by atoms with E-state index in [2.05, 4.69) is 38.0 Å². The molecule has 1 aliphatic rings. The van der Waals surface area contributed by atoms with Crippen molar-refractivity contribution in [1.82, 2.24) is 10.2 Å². The molecule has 2 heteroatoms. The van der Waals surface area contributed by atoms with Crippen molar-refractivity contribution in [3.05, 3.63) is 0 Å². The molecule has 0 amide bonds. The molecule has 0 radical (unpaired) electrons. The summed E-state index contributed by atoms with van der Waals surface area (Å²) in [6.07, 6.45) is 5.39. The molecule has 2 atom stereocenters. The van der Waals surface area contributed by atoms with E-state index in [4.69, 9.17) is 0 Å². The monoisotopic (exact) mass is 212 g/mol. The second-order valence-electron chi connectivity index (χ2n) is 5.01. The standard InChI is InChI=1S/C13H28N2/c1-5-9-14-10-13(6-2)15(4)11(3)12-7-8-12/h11-14H,5-10H2,1-4H3. The van der Waals surface area contributed by atoms with E-state index in [1.807, 2.05) is 0 Å². The largest absolute Gasteiger partial charge is 0.315 e. The molecule has 1 N–H and O–H groups in total. The molecule has 2 unspecified atom stereocenters. The number of hydrogen-bond donors (Lipinski definition) is 1. The molecule has 0 spiro atoms. The van der Waals surface area contributed by atoms with Gasteiger partial charge in [0.25, 0.3) is 0 Å². The number of nitrogens with one attached hydrogen (secondary N) is 1. The second kappa shape index (κ2) is 6.49. The van der Waals surface area contributed by atoms with E-state index < -0.39 is 0 Å². The lowest BCUT2D eigenvalue weighted by atomic mass is 10.1. The fourth-order valence-corrected chi connectivity index (χ4v) is 2.27. The third kappa shape index (κ3) is 4.12. The third-order valence-corrected chi connectivity index (χ3v) is 3.80. The van der Waals surface area contributed by atoms with Crippen molar-refractivity contribution in [2.45, 2.75) is 58.5 Å². The van der Waals surface area contributed by atoms with E-state index in [1.165, 1.54) is 25.7 Å². The minimum atomic E-state index is 0.715. The number of rotatable bonds is 8. The van der Waals surface area contributed by atoms with Crippen LogP contribution in [0.2, 0.25) is 0 Å². The van der Waals surface area contributed by atoms with Crippen LogP contribution in [0, 0.1) is 5.92 Å². The number of hydrogen-bond acceptors (Lipinski definition) is 2. The summed E-state index contributed by atoms with van der Waals surface area (Å²) in [6.45, 7) is 9.22. The van der Waals surface area contributed by atoms with Crippen LogP contribution in [0.25, 0.3) is 0 Å². The fourth-order valence-electron chi connectivity index (χ4n) is 2.27. The zero-order valence-electron chi connectivity index (χ0n) is 10.9. The first-order valence-electron chi connectivity index (χ1n) is 6.63. The van der Waals surface area contributed by atoms with E-state index in [0.29, 0.717) is 6.04 Å². The van der Waals surface area contributed by atoms with Gasteiger partial charge in [-0.15, -0.1) is 0 Å². The van der Waals surface area contributed by atoms with Crippen LogP contribution in [0.4, 0.5) is 0 Å². The Kier molecular flexibility index (Phi) is 5.62. The molecule has 1 fully saturated rings. The highest BCUT2D eigenvalue weighted by Crippen LogP contribution is 2.35. The summed E-state index contributed by atoms with van der Waals surface area (Å²) in [6, 6.07) is 1.49. The van der Waals surface area contributed by atoms with Gasteiger partial charge in [0.15, 0.2) is 0 Å². The van der Waals surface area contributed by atoms with Crippen molar-refractivity contribution < 1.29 is 0 Å². The first-order valence-corrected chi connectivity index (χ1v) is 6.63. The zero-order valence-corrected chi connectivity index (χ0v) is 10.9. The summed E-state index contributed by atoms with van der Waals surface area (Å²) in [5.41, 5.74) is 0. The lowest BCUT2D eigenvalue weighted by molar-refractivity contribution is 0.159. The van der Waals surface area contributed by atoms with Crippen molar-refractivity contribution in [1.29, 1.82) is 0 Å². The van der Waals surface area contributed by atoms with Crippen LogP contribution < -0.4 is 5.32 Å². The van der Waals surface area contributed by atoms with E-state index in [1.54, 1.807) is 0 Å². The minimum Gasteiger partial charge on any atom is -0.315 e. The molecule has 0 bridgehead atoms. The van der Waals surface area contributed by atoms with Gasteiger partial charge in [-0.2, -0.15) is 0 Å². The highest BCUT2D eigenvalue weighted by molar-refractivity contribution is 4.87. The predicted octanol–water partition coefficient (Wildman–Crippen LogP) is 2.49. The fraction of sp³-hybridized carbons (Fsp3) is 1.00. The Hall–Kier alpha value is -0.0800.